The monoisotopic (exact) mass is 326 g/mol. The van der Waals surface area contributed by atoms with Crippen LogP contribution >= 0.6 is 15.9 Å². The van der Waals surface area contributed by atoms with E-state index < -0.39 is 0 Å². The van der Waals surface area contributed by atoms with E-state index in [-0.39, 0.29) is 0 Å². The van der Waals surface area contributed by atoms with Gasteiger partial charge in [0.1, 0.15) is 5.75 Å². The first-order valence-corrected chi connectivity index (χ1v) is 7.78. The SMILES string of the molecule is CCN1CCCC(CN)C1c1cc(Br)ccc1OC. The molecule has 0 aromatic heterocycles. The van der Waals surface area contributed by atoms with Gasteiger partial charge in [-0.15, -0.1) is 0 Å². The summed E-state index contributed by atoms with van der Waals surface area (Å²) in [6, 6.07) is 6.62. The Morgan fingerprint density at radius 1 is 1.47 bits per heavy atom. The second kappa shape index (κ2) is 6.73. The minimum Gasteiger partial charge on any atom is -0.496 e. The van der Waals surface area contributed by atoms with Gasteiger partial charge in [0, 0.05) is 16.1 Å². The van der Waals surface area contributed by atoms with Gasteiger partial charge in [-0.1, -0.05) is 22.9 Å². The molecule has 1 saturated heterocycles. The first-order valence-electron chi connectivity index (χ1n) is 6.98. The number of hydrogen-bond donors (Lipinski definition) is 1. The van der Waals surface area contributed by atoms with Crippen LogP contribution in [-0.4, -0.2) is 31.6 Å². The van der Waals surface area contributed by atoms with Crippen LogP contribution in [0.5, 0.6) is 5.75 Å². The summed E-state index contributed by atoms with van der Waals surface area (Å²) >= 11 is 3.57. The number of rotatable bonds is 4. The average Bonchev–Trinajstić information content (AvgIpc) is 2.46. The van der Waals surface area contributed by atoms with Crippen molar-refractivity contribution in [3.8, 4) is 5.75 Å². The Morgan fingerprint density at radius 2 is 2.26 bits per heavy atom. The van der Waals surface area contributed by atoms with Crippen molar-refractivity contribution in [1.82, 2.24) is 4.90 Å². The molecule has 2 unspecified atom stereocenters. The molecule has 1 aromatic carbocycles. The zero-order chi connectivity index (χ0) is 13.8. The molecule has 0 saturated carbocycles. The van der Waals surface area contributed by atoms with Crippen molar-refractivity contribution in [2.24, 2.45) is 11.7 Å². The molecule has 2 N–H and O–H groups in total. The fraction of sp³-hybridized carbons (Fsp3) is 0.600. The van der Waals surface area contributed by atoms with E-state index in [1.165, 1.54) is 18.4 Å². The molecule has 2 rings (SSSR count). The lowest BCUT2D eigenvalue weighted by Gasteiger charge is -2.41. The van der Waals surface area contributed by atoms with Gasteiger partial charge in [-0.3, -0.25) is 4.90 Å². The first-order chi connectivity index (χ1) is 9.21. The van der Waals surface area contributed by atoms with Gasteiger partial charge < -0.3 is 10.5 Å². The minimum atomic E-state index is 0.371. The molecule has 1 heterocycles. The predicted molar refractivity (Wildman–Crippen MR) is 82.5 cm³/mol. The first kappa shape index (κ1) is 14.8. The van der Waals surface area contributed by atoms with E-state index >= 15 is 0 Å². The predicted octanol–water partition coefficient (Wildman–Crippen LogP) is 3.19. The summed E-state index contributed by atoms with van der Waals surface area (Å²) in [5.74, 6) is 1.48. The molecule has 1 aromatic rings. The second-order valence-electron chi connectivity index (χ2n) is 5.10. The van der Waals surface area contributed by atoms with Crippen LogP contribution in [0.1, 0.15) is 31.4 Å². The normalized spacial score (nSPS) is 24.4. The third-order valence-electron chi connectivity index (χ3n) is 4.08. The van der Waals surface area contributed by atoms with Crippen LogP contribution in [0.2, 0.25) is 0 Å². The Bertz CT molecular complexity index is 413. The number of piperidine rings is 1. The van der Waals surface area contributed by atoms with Crippen molar-refractivity contribution in [2.75, 3.05) is 26.7 Å². The Labute approximate surface area is 124 Å². The van der Waals surface area contributed by atoms with Gasteiger partial charge in [-0.05, 0) is 56.6 Å². The summed E-state index contributed by atoms with van der Waals surface area (Å²) in [6.07, 6.45) is 2.44. The van der Waals surface area contributed by atoms with E-state index in [9.17, 15) is 0 Å². The number of likely N-dealkylation sites (tertiary alicyclic amines) is 1. The molecule has 1 aliphatic heterocycles. The highest BCUT2D eigenvalue weighted by Crippen LogP contribution is 2.40. The van der Waals surface area contributed by atoms with Gasteiger partial charge in [0.2, 0.25) is 0 Å². The Kier molecular flexibility index (Phi) is 5.25. The molecular weight excluding hydrogens is 304 g/mol. The third-order valence-corrected chi connectivity index (χ3v) is 4.57. The maximum atomic E-state index is 6.00. The topological polar surface area (TPSA) is 38.5 Å². The Morgan fingerprint density at radius 3 is 2.89 bits per heavy atom. The highest BCUT2D eigenvalue weighted by molar-refractivity contribution is 9.10. The quantitative estimate of drug-likeness (QED) is 0.923. The van der Waals surface area contributed by atoms with Crippen LogP contribution in [0.4, 0.5) is 0 Å². The number of nitrogens with zero attached hydrogens (tertiary/aromatic N) is 1. The number of nitrogens with two attached hydrogens (primary N) is 1. The van der Waals surface area contributed by atoms with Crippen LogP contribution in [0, 0.1) is 5.92 Å². The van der Waals surface area contributed by atoms with Crippen LogP contribution in [0.3, 0.4) is 0 Å². The van der Waals surface area contributed by atoms with E-state index in [0.717, 1.165) is 29.9 Å². The number of benzene rings is 1. The van der Waals surface area contributed by atoms with Crippen molar-refractivity contribution >= 4 is 15.9 Å². The molecule has 3 nitrogen and oxygen atoms in total. The van der Waals surface area contributed by atoms with Gasteiger partial charge in [-0.25, -0.2) is 0 Å². The lowest BCUT2D eigenvalue weighted by atomic mass is 9.84. The lowest BCUT2D eigenvalue weighted by molar-refractivity contribution is 0.0998. The fourth-order valence-corrected chi connectivity index (χ4v) is 3.52. The minimum absolute atomic E-state index is 0.371. The Hall–Kier alpha value is -0.580. The van der Waals surface area contributed by atoms with Gasteiger partial charge in [0.25, 0.3) is 0 Å². The third kappa shape index (κ3) is 3.12. The molecule has 0 spiro atoms. The molecule has 0 radical (unpaired) electrons. The summed E-state index contributed by atoms with van der Waals surface area (Å²) in [5, 5.41) is 0. The molecule has 1 aliphatic rings. The molecular formula is C15H23BrN2O. The maximum Gasteiger partial charge on any atom is 0.123 e. The van der Waals surface area contributed by atoms with Crippen LogP contribution in [0.15, 0.2) is 22.7 Å². The fourth-order valence-electron chi connectivity index (χ4n) is 3.14. The maximum absolute atomic E-state index is 6.00. The lowest BCUT2D eigenvalue weighted by Crippen LogP contribution is -2.41. The van der Waals surface area contributed by atoms with Gasteiger partial charge in [-0.2, -0.15) is 0 Å². The number of methoxy groups -OCH3 is 1. The van der Waals surface area contributed by atoms with Crippen molar-refractivity contribution in [1.29, 1.82) is 0 Å². The van der Waals surface area contributed by atoms with Crippen molar-refractivity contribution in [2.45, 2.75) is 25.8 Å². The molecule has 4 heteroatoms. The molecule has 0 amide bonds. The van der Waals surface area contributed by atoms with E-state index in [1.54, 1.807) is 7.11 Å². The Balaban J connectivity index is 2.42. The average molecular weight is 327 g/mol. The van der Waals surface area contributed by atoms with Crippen LogP contribution in [0.25, 0.3) is 0 Å². The van der Waals surface area contributed by atoms with E-state index in [2.05, 4.69) is 33.8 Å². The second-order valence-corrected chi connectivity index (χ2v) is 6.01. The molecule has 19 heavy (non-hydrogen) atoms. The zero-order valence-electron chi connectivity index (χ0n) is 11.7. The van der Waals surface area contributed by atoms with Crippen molar-refractivity contribution < 1.29 is 4.74 Å². The van der Waals surface area contributed by atoms with Crippen molar-refractivity contribution in [3.63, 3.8) is 0 Å². The smallest absolute Gasteiger partial charge is 0.123 e. The number of halogens is 1. The largest absolute Gasteiger partial charge is 0.496 e. The summed E-state index contributed by atoms with van der Waals surface area (Å²) in [4.78, 5) is 2.52. The van der Waals surface area contributed by atoms with E-state index in [1.807, 2.05) is 12.1 Å². The van der Waals surface area contributed by atoms with Crippen LogP contribution in [-0.2, 0) is 0 Å². The summed E-state index contributed by atoms with van der Waals surface area (Å²) in [6.45, 7) is 5.15. The van der Waals surface area contributed by atoms with Gasteiger partial charge >= 0.3 is 0 Å². The highest BCUT2D eigenvalue weighted by Gasteiger charge is 2.32. The summed E-state index contributed by atoms with van der Waals surface area (Å²) in [7, 11) is 1.74. The van der Waals surface area contributed by atoms with Crippen LogP contribution < -0.4 is 10.5 Å². The zero-order valence-corrected chi connectivity index (χ0v) is 13.3. The highest BCUT2D eigenvalue weighted by atomic mass is 79.9. The standard InChI is InChI=1S/C15H23BrN2O/c1-3-18-8-4-5-11(10-17)15(18)13-9-12(16)6-7-14(13)19-2/h6-7,9,11,15H,3-5,8,10,17H2,1-2H3. The van der Waals surface area contributed by atoms with E-state index in [4.69, 9.17) is 10.5 Å². The molecule has 1 fully saturated rings. The number of ether oxygens (including phenoxy) is 1. The van der Waals surface area contributed by atoms with Gasteiger partial charge in [0.15, 0.2) is 0 Å². The molecule has 0 aliphatic carbocycles. The van der Waals surface area contributed by atoms with Crippen molar-refractivity contribution in [3.05, 3.63) is 28.2 Å². The molecule has 2 atom stereocenters. The van der Waals surface area contributed by atoms with E-state index in [0.29, 0.717) is 12.0 Å². The summed E-state index contributed by atoms with van der Waals surface area (Å²) < 4.78 is 6.65. The molecule has 0 bridgehead atoms. The van der Waals surface area contributed by atoms with Gasteiger partial charge in [0.05, 0.1) is 7.11 Å². The number of hydrogen-bond acceptors (Lipinski definition) is 3. The molecule has 106 valence electrons. The summed E-state index contributed by atoms with van der Waals surface area (Å²) in [5.41, 5.74) is 7.26.